The maximum absolute atomic E-state index is 13.4. The van der Waals surface area contributed by atoms with Gasteiger partial charge in [0.1, 0.15) is 16.9 Å². The predicted molar refractivity (Wildman–Crippen MR) is 105 cm³/mol. The van der Waals surface area contributed by atoms with Crippen molar-refractivity contribution in [2.24, 2.45) is 0 Å². The summed E-state index contributed by atoms with van der Waals surface area (Å²) < 4.78 is 112. The normalized spacial score (nSPS) is 12.8. The van der Waals surface area contributed by atoms with Gasteiger partial charge in [-0.05, 0) is 30.3 Å². The fourth-order valence-electron chi connectivity index (χ4n) is 3.26. The number of H-pyrrole nitrogens is 1. The Morgan fingerprint density at radius 3 is 2.00 bits per heavy atom. The van der Waals surface area contributed by atoms with Crippen LogP contribution in [0.2, 0.25) is 0 Å². The Kier molecular flexibility index (Phi) is 5.47. The second-order valence-electron chi connectivity index (χ2n) is 6.99. The molecule has 0 spiro atoms. The number of aromatic nitrogens is 2. The monoisotopic (exact) mass is 501 g/mol. The SMILES string of the molecule is [O]c1cc(C(F)(F)F)c(Oc2ccc3[nH]cc(S(=O)(=O)c4ccncc4)c3c2)c(C(F)(F)F)c1. The van der Waals surface area contributed by atoms with E-state index in [9.17, 15) is 39.9 Å². The number of halogens is 6. The summed E-state index contributed by atoms with van der Waals surface area (Å²) in [5, 5.41) is 11.5. The first-order valence-corrected chi connectivity index (χ1v) is 10.7. The minimum Gasteiger partial charge on any atom is -0.456 e. The molecule has 6 nitrogen and oxygen atoms in total. The van der Waals surface area contributed by atoms with Gasteiger partial charge in [-0.2, -0.15) is 26.3 Å². The molecular formula is C21H11F6N2O4S. The summed E-state index contributed by atoms with van der Waals surface area (Å²) in [6.07, 6.45) is -7.03. The van der Waals surface area contributed by atoms with Crippen molar-refractivity contribution in [2.45, 2.75) is 22.1 Å². The number of rotatable bonds is 4. The maximum atomic E-state index is 13.4. The first kappa shape index (κ1) is 23.4. The van der Waals surface area contributed by atoms with Crippen molar-refractivity contribution in [3.8, 4) is 17.2 Å². The lowest BCUT2D eigenvalue weighted by Gasteiger charge is -2.19. The van der Waals surface area contributed by atoms with E-state index in [1.54, 1.807) is 0 Å². The average Bonchev–Trinajstić information content (AvgIpc) is 3.18. The van der Waals surface area contributed by atoms with Crippen LogP contribution < -0.4 is 4.74 Å². The van der Waals surface area contributed by atoms with E-state index in [4.69, 9.17) is 4.74 Å². The number of fused-ring (bicyclic) bond motifs is 1. The summed E-state index contributed by atoms with van der Waals surface area (Å²) >= 11 is 0. The molecule has 2 aromatic carbocycles. The van der Waals surface area contributed by atoms with E-state index >= 15 is 0 Å². The maximum Gasteiger partial charge on any atom is 0.420 e. The molecule has 0 aliphatic rings. The topological polar surface area (TPSA) is 92.0 Å². The van der Waals surface area contributed by atoms with Gasteiger partial charge >= 0.3 is 12.4 Å². The average molecular weight is 501 g/mol. The summed E-state index contributed by atoms with van der Waals surface area (Å²) in [6, 6.07) is 5.74. The summed E-state index contributed by atoms with van der Waals surface area (Å²) in [6.45, 7) is 0. The van der Waals surface area contributed by atoms with Crippen LogP contribution in [0.25, 0.3) is 10.9 Å². The van der Waals surface area contributed by atoms with E-state index in [-0.39, 0.29) is 32.8 Å². The van der Waals surface area contributed by atoms with Crippen LogP contribution in [-0.2, 0) is 27.3 Å². The molecule has 177 valence electrons. The number of nitrogens with one attached hydrogen (secondary N) is 1. The van der Waals surface area contributed by atoms with E-state index in [0.29, 0.717) is 0 Å². The molecule has 2 heterocycles. The number of alkyl halides is 6. The molecule has 2 aromatic heterocycles. The first-order chi connectivity index (χ1) is 15.8. The Bertz CT molecular complexity index is 1440. The van der Waals surface area contributed by atoms with Crippen molar-refractivity contribution in [3.63, 3.8) is 0 Å². The van der Waals surface area contributed by atoms with Gasteiger partial charge < -0.3 is 9.72 Å². The molecule has 1 N–H and O–H groups in total. The van der Waals surface area contributed by atoms with E-state index in [2.05, 4.69) is 9.97 Å². The van der Waals surface area contributed by atoms with Gasteiger partial charge in [0, 0.05) is 41.6 Å². The summed E-state index contributed by atoms with van der Waals surface area (Å²) in [4.78, 5) is 6.01. The zero-order chi connectivity index (χ0) is 24.9. The van der Waals surface area contributed by atoms with Crippen LogP contribution in [0.15, 0.2) is 70.8 Å². The van der Waals surface area contributed by atoms with Crippen molar-refractivity contribution in [1.29, 1.82) is 0 Å². The molecule has 0 saturated heterocycles. The second-order valence-corrected chi connectivity index (χ2v) is 8.91. The van der Waals surface area contributed by atoms with Gasteiger partial charge in [-0.1, -0.05) is 0 Å². The lowest BCUT2D eigenvalue weighted by atomic mass is 10.1. The molecule has 1 radical (unpaired) electrons. The number of hydrogen-bond donors (Lipinski definition) is 1. The van der Waals surface area contributed by atoms with Crippen molar-refractivity contribution in [3.05, 3.63) is 72.2 Å². The quantitative estimate of drug-likeness (QED) is 0.329. The Morgan fingerprint density at radius 2 is 1.44 bits per heavy atom. The van der Waals surface area contributed by atoms with Gasteiger partial charge in [0.05, 0.1) is 9.79 Å². The van der Waals surface area contributed by atoms with Gasteiger partial charge in [0.15, 0.2) is 11.5 Å². The predicted octanol–water partition coefficient (Wildman–Crippen LogP) is 6.37. The highest BCUT2D eigenvalue weighted by atomic mass is 32.2. The number of aromatic amines is 1. The minimum atomic E-state index is -5.33. The van der Waals surface area contributed by atoms with Crippen LogP contribution >= 0.6 is 0 Å². The molecule has 0 aliphatic heterocycles. The molecule has 0 saturated carbocycles. The van der Waals surface area contributed by atoms with Crippen molar-refractivity contribution < 1.29 is 44.6 Å². The van der Waals surface area contributed by atoms with Gasteiger partial charge in [-0.25, -0.2) is 8.42 Å². The Balaban J connectivity index is 1.87. The van der Waals surface area contributed by atoms with Gasteiger partial charge in [0.2, 0.25) is 9.84 Å². The van der Waals surface area contributed by atoms with Gasteiger partial charge in [0.25, 0.3) is 0 Å². The van der Waals surface area contributed by atoms with E-state index in [1.165, 1.54) is 30.6 Å². The Hall–Kier alpha value is -3.74. The molecule has 0 atom stereocenters. The number of benzene rings is 2. The second kappa shape index (κ2) is 7.94. The van der Waals surface area contributed by atoms with Crippen molar-refractivity contribution in [1.82, 2.24) is 9.97 Å². The molecule has 0 bridgehead atoms. The third kappa shape index (κ3) is 4.25. The fraction of sp³-hybridized carbons (Fsp3) is 0.0952. The Morgan fingerprint density at radius 1 is 0.853 bits per heavy atom. The summed E-state index contributed by atoms with van der Waals surface area (Å²) in [5.74, 6) is -3.63. The third-order valence-electron chi connectivity index (χ3n) is 4.76. The minimum absolute atomic E-state index is 0.00126. The zero-order valence-electron chi connectivity index (χ0n) is 16.5. The number of nitrogens with zero attached hydrogens (tertiary/aromatic N) is 1. The van der Waals surface area contributed by atoms with Crippen LogP contribution in [-0.4, -0.2) is 18.4 Å². The zero-order valence-corrected chi connectivity index (χ0v) is 17.3. The van der Waals surface area contributed by atoms with Crippen LogP contribution in [0.4, 0.5) is 26.3 Å². The number of hydrogen-bond acceptors (Lipinski definition) is 4. The van der Waals surface area contributed by atoms with Crippen molar-refractivity contribution >= 4 is 20.7 Å². The van der Waals surface area contributed by atoms with Crippen molar-refractivity contribution in [2.75, 3.05) is 0 Å². The van der Waals surface area contributed by atoms with E-state index < -0.39 is 50.6 Å². The number of pyridine rings is 1. The molecule has 34 heavy (non-hydrogen) atoms. The van der Waals surface area contributed by atoms with Crippen LogP contribution in [0.5, 0.6) is 17.2 Å². The van der Waals surface area contributed by atoms with Gasteiger partial charge in [-0.15, -0.1) is 0 Å². The summed E-state index contributed by atoms with van der Waals surface area (Å²) in [5.41, 5.74) is -3.58. The van der Waals surface area contributed by atoms with Crippen LogP contribution in [0, 0.1) is 0 Å². The fourth-order valence-corrected chi connectivity index (χ4v) is 4.66. The highest BCUT2D eigenvalue weighted by Gasteiger charge is 2.43. The standard InChI is InChI=1S/C21H11F6N2O4S/c22-20(23,24)15-7-11(30)8-16(21(25,26)27)19(15)33-12-1-2-17-14(9-12)18(10-29-17)34(31,32)13-3-5-28-6-4-13/h1-10,29H. The molecule has 0 unspecified atom stereocenters. The van der Waals surface area contributed by atoms with Crippen LogP contribution in [0.3, 0.4) is 0 Å². The molecule has 0 fully saturated rings. The molecule has 0 aliphatic carbocycles. The lowest BCUT2D eigenvalue weighted by molar-refractivity contribution is -0.145. The van der Waals surface area contributed by atoms with Crippen LogP contribution in [0.1, 0.15) is 11.1 Å². The first-order valence-electron chi connectivity index (χ1n) is 9.22. The number of ether oxygens (including phenoxy) is 1. The summed E-state index contributed by atoms with van der Waals surface area (Å²) in [7, 11) is -4.11. The smallest absolute Gasteiger partial charge is 0.420 e. The highest BCUT2D eigenvalue weighted by molar-refractivity contribution is 7.91. The molecule has 13 heteroatoms. The van der Waals surface area contributed by atoms with Gasteiger partial charge in [-0.3, -0.25) is 10.1 Å². The van der Waals surface area contributed by atoms with E-state index in [1.807, 2.05) is 0 Å². The molecule has 0 amide bonds. The molecule has 4 aromatic rings. The molecule has 4 rings (SSSR count). The third-order valence-corrected chi connectivity index (χ3v) is 6.57. The number of sulfone groups is 1. The largest absolute Gasteiger partial charge is 0.456 e. The Labute approximate surface area is 187 Å². The van der Waals surface area contributed by atoms with E-state index in [0.717, 1.165) is 18.3 Å². The highest BCUT2D eigenvalue weighted by Crippen LogP contribution is 2.48. The molecular weight excluding hydrogens is 490 g/mol. The lowest BCUT2D eigenvalue weighted by Crippen LogP contribution is -2.13.